The van der Waals surface area contributed by atoms with Crippen molar-refractivity contribution in [2.45, 2.75) is 19.9 Å². The van der Waals surface area contributed by atoms with Gasteiger partial charge in [0.2, 0.25) is 0 Å². The second-order valence-corrected chi connectivity index (χ2v) is 4.75. The average Bonchev–Trinajstić information content (AvgIpc) is 2.77. The van der Waals surface area contributed by atoms with Crippen molar-refractivity contribution in [2.75, 3.05) is 12.4 Å². The molecule has 0 bridgehead atoms. The van der Waals surface area contributed by atoms with Crippen LogP contribution in [0.1, 0.15) is 34.6 Å². The maximum atomic E-state index is 11.7. The zero-order chi connectivity index (χ0) is 14.7. The first-order valence-corrected chi connectivity index (χ1v) is 6.47. The van der Waals surface area contributed by atoms with Gasteiger partial charge in [0.1, 0.15) is 0 Å². The van der Waals surface area contributed by atoms with E-state index in [-0.39, 0.29) is 12.0 Å². The van der Waals surface area contributed by atoms with E-state index in [9.17, 15) is 4.79 Å². The molecule has 1 heterocycles. The van der Waals surface area contributed by atoms with Crippen LogP contribution in [0.15, 0.2) is 30.5 Å². The number of carbonyl (C=O) groups is 1. The Morgan fingerprint density at radius 3 is 2.70 bits per heavy atom. The molecule has 2 rings (SSSR count). The number of esters is 1. The highest BCUT2D eigenvalue weighted by Gasteiger charge is 2.16. The van der Waals surface area contributed by atoms with Gasteiger partial charge in [0.25, 0.3) is 0 Å². The Balaban J connectivity index is 2.26. The number of ether oxygens (including phenoxy) is 1. The van der Waals surface area contributed by atoms with Crippen molar-refractivity contribution in [3.63, 3.8) is 0 Å². The highest BCUT2D eigenvalue weighted by molar-refractivity contribution is 5.95. The van der Waals surface area contributed by atoms with Gasteiger partial charge in [0.15, 0.2) is 0 Å². The summed E-state index contributed by atoms with van der Waals surface area (Å²) >= 11 is 0. The number of benzene rings is 1. The van der Waals surface area contributed by atoms with Crippen molar-refractivity contribution in [3.05, 3.63) is 47.3 Å². The molecule has 0 aliphatic heterocycles. The monoisotopic (exact) mass is 273 g/mol. The van der Waals surface area contributed by atoms with Gasteiger partial charge in [-0.2, -0.15) is 5.10 Å². The Hall–Kier alpha value is -2.30. The van der Waals surface area contributed by atoms with Crippen molar-refractivity contribution in [3.8, 4) is 0 Å². The van der Waals surface area contributed by atoms with Crippen molar-refractivity contribution in [1.82, 2.24) is 9.78 Å². The molecule has 0 spiro atoms. The van der Waals surface area contributed by atoms with E-state index in [0.717, 1.165) is 16.9 Å². The minimum atomic E-state index is -0.344. The fourth-order valence-electron chi connectivity index (χ4n) is 2.25. The third kappa shape index (κ3) is 2.82. The number of methoxy groups -OCH3 is 1. The van der Waals surface area contributed by atoms with E-state index in [1.54, 1.807) is 10.7 Å². The molecule has 20 heavy (non-hydrogen) atoms. The molecule has 5 nitrogen and oxygen atoms in total. The van der Waals surface area contributed by atoms with Gasteiger partial charge in [0.05, 0.1) is 24.4 Å². The molecule has 0 radical (unpaired) electrons. The summed E-state index contributed by atoms with van der Waals surface area (Å²) in [5.41, 5.74) is 3.37. The first-order valence-electron chi connectivity index (χ1n) is 6.47. The fraction of sp³-hybridized carbons (Fsp3) is 0.333. The number of nitrogens with zero attached hydrogens (tertiary/aromatic N) is 2. The summed E-state index contributed by atoms with van der Waals surface area (Å²) in [7, 11) is 3.28. The highest BCUT2D eigenvalue weighted by Crippen LogP contribution is 2.24. The normalized spacial score (nSPS) is 12.0. The lowest BCUT2D eigenvalue weighted by molar-refractivity contribution is 0.0602. The fourth-order valence-corrected chi connectivity index (χ4v) is 2.25. The lowest BCUT2D eigenvalue weighted by Gasteiger charge is -2.17. The SMILES string of the molecule is COC(=O)c1ccccc1NC(C)c1cn(C)nc1C. The molecule has 0 amide bonds. The van der Waals surface area contributed by atoms with Crippen LogP contribution in [-0.2, 0) is 11.8 Å². The number of hydrogen-bond donors (Lipinski definition) is 1. The molecule has 0 saturated carbocycles. The van der Waals surface area contributed by atoms with E-state index in [0.29, 0.717) is 5.56 Å². The third-order valence-electron chi connectivity index (χ3n) is 3.22. The van der Waals surface area contributed by atoms with Crippen molar-refractivity contribution >= 4 is 11.7 Å². The first kappa shape index (κ1) is 14.1. The summed E-state index contributed by atoms with van der Waals surface area (Å²) < 4.78 is 6.58. The van der Waals surface area contributed by atoms with Crippen LogP contribution in [0.2, 0.25) is 0 Å². The van der Waals surface area contributed by atoms with Gasteiger partial charge >= 0.3 is 5.97 Å². The third-order valence-corrected chi connectivity index (χ3v) is 3.22. The van der Waals surface area contributed by atoms with Crippen molar-refractivity contribution in [2.24, 2.45) is 7.05 Å². The highest BCUT2D eigenvalue weighted by atomic mass is 16.5. The van der Waals surface area contributed by atoms with Gasteiger partial charge in [0, 0.05) is 24.5 Å². The van der Waals surface area contributed by atoms with Gasteiger partial charge < -0.3 is 10.1 Å². The number of carbonyl (C=O) groups excluding carboxylic acids is 1. The second kappa shape index (κ2) is 5.77. The van der Waals surface area contributed by atoms with Gasteiger partial charge in [-0.1, -0.05) is 12.1 Å². The van der Waals surface area contributed by atoms with E-state index < -0.39 is 0 Å². The number of nitrogens with one attached hydrogen (secondary N) is 1. The van der Waals surface area contributed by atoms with E-state index in [1.165, 1.54) is 7.11 Å². The molecule has 0 fully saturated rings. The predicted molar refractivity (Wildman–Crippen MR) is 77.8 cm³/mol. The maximum Gasteiger partial charge on any atom is 0.339 e. The molecule has 1 N–H and O–H groups in total. The zero-order valence-electron chi connectivity index (χ0n) is 12.2. The predicted octanol–water partition coefficient (Wildman–Crippen LogP) is 2.69. The molecular formula is C15H19N3O2. The minimum Gasteiger partial charge on any atom is -0.465 e. The maximum absolute atomic E-state index is 11.7. The van der Waals surface area contributed by atoms with Crippen LogP contribution in [0.4, 0.5) is 5.69 Å². The molecule has 5 heteroatoms. The topological polar surface area (TPSA) is 56.1 Å². The minimum absolute atomic E-state index is 0.0505. The average molecular weight is 273 g/mol. The van der Waals surface area contributed by atoms with E-state index in [2.05, 4.69) is 10.4 Å². The van der Waals surface area contributed by atoms with Gasteiger partial charge in [-0.15, -0.1) is 0 Å². The Labute approximate surface area is 118 Å². The molecule has 1 aromatic heterocycles. The summed E-state index contributed by atoms with van der Waals surface area (Å²) in [4.78, 5) is 11.7. The summed E-state index contributed by atoms with van der Waals surface area (Å²) in [5, 5.41) is 7.67. The van der Waals surface area contributed by atoms with Gasteiger partial charge in [-0.3, -0.25) is 4.68 Å². The summed E-state index contributed by atoms with van der Waals surface area (Å²) in [6, 6.07) is 7.37. The quantitative estimate of drug-likeness (QED) is 0.870. The molecule has 1 atom stereocenters. The molecule has 106 valence electrons. The van der Waals surface area contributed by atoms with Crippen LogP contribution >= 0.6 is 0 Å². The van der Waals surface area contributed by atoms with Crippen LogP contribution < -0.4 is 5.32 Å². The van der Waals surface area contributed by atoms with E-state index in [4.69, 9.17) is 4.74 Å². The zero-order valence-corrected chi connectivity index (χ0v) is 12.2. The Morgan fingerprint density at radius 1 is 1.40 bits per heavy atom. The molecule has 0 aliphatic carbocycles. The first-order chi connectivity index (χ1) is 9.52. The number of rotatable bonds is 4. The Morgan fingerprint density at radius 2 is 2.10 bits per heavy atom. The Bertz CT molecular complexity index is 619. The van der Waals surface area contributed by atoms with Crippen molar-refractivity contribution in [1.29, 1.82) is 0 Å². The van der Waals surface area contributed by atoms with E-state index >= 15 is 0 Å². The van der Waals surface area contributed by atoms with Crippen LogP contribution in [0.5, 0.6) is 0 Å². The van der Waals surface area contributed by atoms with E-state index in [1.807, 2.05) is 45.3 Å². The molecule has 0 saturated heterocycles. The number of aryl methyl sites for hydroxylation is 2. The number of hydrogen-bond acceptors (Lipinski definition) is 4. The summed E-state index contributed by atoms with van der Waals surface area (Å²) in [6.07, 6.45) is 1.98. The molecular weight excluding hydrogens is 254 g/mol. The lowest BCUT2D eigenvalue weighted by atomic mass is 10.1. The molecule has 2 aromatic rings. The largest absolute Gasteiger partial charge is 0.465 e. The van der Waals surface area contributed by atoms with Crippen molar-refractivity contribution < 1.29 is 9.53 Å². The number of anilines is 1. The Kier molecular flexibility index (Phi) is 4.08. The molecule has 1 aromatic carbocycles. The smallest absolute Gasteiger partial charge is 0.339 e. The van der Waals surface area contributed by atoms with Crippen LogP contribution in [0, 0.1) is 6.92 Å². The standard InChI is InChI=1S/C15H19N3O2/c1-10(13-9-18(3)17-11(13)2)16-14-8-6-5-7-12(14)15(19)20-4/h5-10,16H,1-4H3. The van der Waals surface area contributed by atoms with Crippen LogP contribution in [0.3, 0.4) is 0 Å². The number of para-hydroxylation sites is 1. The molecule has 0 aliphatic rings. The van der Waals surface area contributed by atoms with Gasteiger partial charge in [-0.05, 0) is 26.0 Å². The molecule has 1 unspecified atom stereocenters. The van der Waals surface area contributed by atoms with Crippen LogP contribution in [0.25, 0.3) is 0 Å². The van der Waals surface area contributed by atoms with Crippen LogP contribution in [-0.4, -0.2) is 22.9 Å². The second-order valence-electron chi connectivity index (χ2n) is 4.75. The summed E-state index contributed by atoms with van der Waals surface area (Å²) in [5.74, 6) is -0.344. The van der Waals surface area contributed by atoms with Gasteiger partial charge in [-0.25, -0.2) is 4.79 Å². The lowest BCUT2D eigenvalue weighted by Crippen LogP contribution is -2.12. The number of aromatic nitrogens is 2. The summed E-state index contributed by atoms with van der Waals surface area (Å²) in [6.45, 7) is 4.01.